The number of nitrogens with one attached hydrogen (secondary N) is 1. The van der Waals surface area contributed by atoms with E-state index in [9.17, 15) is 13.2 Å². The van der Waals surface area contributed by atoms with Gasteiger partial charge in [-0.3, -0.25) is 9.10 Å². The van der Waals surface area contributed by atoms with Crippen LogP contribution in [0, 0.1) is 6.92 Å². The van der Waals surface area contributed by atoms with Gasteiger partial charge in [0.1, 0.15) is 24.7 Å². The zero-order valence-corrected chi connectivity index (χ0v) is 22.3. The summed E-state index contributed by atoms with van der Waals surface area (Å²) in [6.45, 7) is 6.01. The van der Waals surface area contributed by atoms with E-state index in [0.29, 0.717) is 23.8 Å². The van der Waals surface area contributed by atoms with Crippen molar-refractivity contribution >= 4 is 37.5 Å². The Bertz CT molecular complexity index is 1210. The van der Waals surface area contributed by atoms with Crippen molar-refractivity contribution in [1.82, 2.24) is 5.32 Å². The van der Waals surface area contributed by atoms with Crippen molar-refractivity contribution in [1.29, 1.82) is 0 Å². The van der Waals surface area contributed by atoms with Gasteiger partial charge in [0.2, 0.25) is 5.91 Å². The molecule has 1 atom stereocenters. The molecule has 3 aromatic carbocycles. The fourth-order valence-corrected chi connectivity index (χ4v) is 4.96. The van der Waals surface area contributed by atoms with E-state index >= 15 is 0 Å². The molecule has 0 heterocycles. The molecule has 0 saturated carbocycles. The van der Waals surface area contributed by atoms with Crippen molar-refractivity contribution in [2.75, 3.05) is 24.1 Å². The molecule has 0 saturated heterocycles. The Hall–Kier alpha value is -3.04. The summed E-state index contributed by atoms with van der Waals surface area (Å²) >= 11 is 3.32. The fraction of sp³-hybridized carbons (Fsp3) is 0.269. The Morgan fingerprint density at radius 1 is 0.943 bits per heavy atom. The van der Waals surface area contributed by atoms with E-state index in [-0.39, 0.29) is 24.1 Å². The Balaban J connectivity index is 1.76. The second kappa shape index (κ2) is 12.1. The summed E-state index contributed by atoms with van der Waals surface area (Å²) in [6, 6.07) is 20.2. The Morgan fingerprint density at radius 2 is 1.51 bits per heavy atom. The number of ether oxygens (including phenoxy) is 2. The minimum Gasteiger partial charge on any atom is -0.494 e. The SMILES string of the molecule is CCOc1ccc(N(CC(=O)NC(C)COc2ccc(C)cc2)S(=O)(=O)c2ccc(Br)cc2)cc1. The van der Waals surface area contributed by atoms with Gasteiger partial charge in [0.05, 0.1) is 23.2 Å². The number of hydrogen-bond donors (Lipinski definition) is 1. The third kappa shape index (κ3) is 7.47. The van der Waals surface area contributed by atoms with E-state index in [0.717, 1.165) is 14.3 Å². The highest BCUT2D eigenvalue weighted by molar-refractivity contribution is 9.10. The smallest absolute Gasteiger partial charge is 0.264 e. The Labute approximate surface area is 215 Å². The van der Waals surface area contributed by atoms with Gasteiger partial charge < -0.3 is 14.8 Å². The Morgan fingerprint density at radius 3 is 2.11 bits per heavy atom. The maximum Gasteiger partial charge on any atom is 0.264 e. The van der Waals surface area contributed by atoms with E-state index in [1.165, 1.54) is 12.1 Å². The predicted molar refractivity (Wildman–Crippen MR) is 141 cm³/mol. The number of anilines is 1. The van der Waals surface area contributed by atoms with Crippen LogP contribution in [-0.4, -0.2) is 40.1 Å². The highest BCUT2D eigenvalue weighted by atomic mass is 79.9. The van der Waals surface area contributed by atoms with E-state index in [1.807, 2.05) is 38.1 Å². The lowest BCUT2D eigenvalue weighted by Crippen LogP contribution is -2.45. The lowest BCUT2D eigenvalue weighted by molar-refractivity contribution is -0.120. The van der Waals surface area contributed by atoms with Gasteiger partial charge in [0.25, 0.3) is 10.0 Å². The molecule has 3 aromatic rings. The number of nitrogens with zero attached hydrogens (tertiary/aromatic N) is 1. The van der Waals surface area contributed by atoms with E-state index in [1.54, 1.807) is 43.3 Å². The maximum absolute atomic E-state index is 13.5. The highest BCUT2D eigenvalue weighted by Gasteiger charge is 2.27. The predicted octanol–water partition coefficient (Wildman–Crippen LogP) is 4.94. The maximum atomic E-state index is 13.5. The first kappa shape index (κ1) is 26.6. The van der Waals surface area contributed by atoms with Crippen LogP contribution in [0.5, 0.6) is 11.5 Å². The van der Waals surface area contributed by atoms with Crippen LogP contribution in [0.4, 0.5) is 5.69 Å². The summed E-state index contributed by atoms with van der Waals surface area (Å²) in [5.41, 5.74) is 1.48. The van der Waals surface area contributed by atoms with Crippen molar-refractivity contribution in [3.63, 3.8) is 0 Å². The van der Waals surface area contributed by atoms with Gasteiger partial charge in [-0.25, -0.2) is 8.42 Å². The summed E-state index contributed by atoms with van der Waals surface area (Å²) in [5.74, 6) is 0.869. The molecule has 0 fully saturated rings. The lowest BCUT2D eigenvalue weighted by Gasteiger charge is -2.25. The molecule has 7 nitrogen and oxygen atoms in total. The van der Waals surface area contributed by atoms with Gasteiger partial charge in [-0.05, 0) is 81.4 Å². The number of hydrogen-bond acceptors (Lipinski definition) is 5. The third-order valence-electron chi connectivity index (χ3n) is 5.05. The van der Waals surface area contributed by atoms with Crippen LogP contribution >= 0.6 is 15.9 Å². The zero-order chi connectivity index (χ0) is 25.4. The van der Waals surface area contributed by atoms with Crippen LogP contribution in [0.3, 0.4) is 0 Å². The van der Waals surface area contributed by atoms with Crippen molar-refractivity contribution in [3.8, 4) is 11.5 Å². The van der Waals surface area contributed by atoms with Crippen molar-refractivity contribution in [2.45, 2.75) is 31.7 Å². The number of amides is 1. The van der Waals surface area contributed by atoms with E-state index in [2.05, 4.69) is 21.2 Å². The van der Waals surface area contributed by atoms with Crippen LogP contribution in [0.25, 0.3) is 0 Å². The van der Waals surface area contributed by atoms with Crippen LogP contribution in [0.15, 0.2) is 82.2 Å². The van der Waals surface area contributed by atoms with E-state index < -0.39 is 15.9 Å². The molecule has 1 amide bonds. The van der Waals surface area contributed by atoms with Gasteiger partial charge >= 0.3 is 0 Å². The Kier molecular flexibility index (Phi) is 9.17. The zero-order valence-electron chi connectivity index (χ0n) is 19.9. The second-order valence-corrected chi connectivity index (χ2v) is 10.8. The normalized spacial score (nSPS) is 12.0. The van der Waals surface area contributed by atoms with Crippen LogP contribution in [0.1, 0.15) is 19.4 Å². The standard InChI is InChI=1S/C26H29BrN2O5S/c1-4-33-23-13-9-22(10-14-23)29(35(31,32)25-15-7-21(27)8-16-25)17-26(30)28-20(3)18-34-24-11-5-19(2)6-12-24/h5-16,20H,4,17-18H2,1-3H3,(H,28,30). The van der Waals surface area contributed by atoms with Crippen LogP contribution < -0.4 is 19.1 Å². The molecule has 3 rings (SSSR count). The van der Waals surface area contributed by atoms with Crippen molar-refractivity contribution in [3.05, 3.63) is 82.8 Å². The number of benzene rings is 3. The third-order valence-corrected chi connectivity index (χ3v) is 7.37. The molecule has 0 bridgehead atoms. The van der Waals surface area contributed by atoms with Gasteiger partial charge in [0, 0.05) is 4.47 Å². The summed E-state index contributed by atoms with van der Waals surface area (Å²) in [6.07, 6.45) is 0. The summed E-state index contributed by atoms with van der Waals surface area (Å²) < 4.78 is 40.0. The molecule has 0 aliphatic rings. The largest absolute Gasteiger partial charge is 0.494 e. The van der Waals surface area contributed by atoms with Gasteiger partial charge in [-0.2, -0.15) is 0 Å². The average molecular weight is 561 g/mol. The van der Waals surface area contributed by atoms with Crippen molar-refractivity contribution < 1.29 is 22.7 Å². The summed E-state index contributed by atoms with van der Waals surface area (Å²) in [5, 5.41) is 2.82. The molecule has 0 aliphatic heterocycles. The molecule has 35 heavy (non-hydrogen) atoms. The van der Waals surface area contributed by atoms with Crippen LogP contribution in [-0.2, 0) is 14.8 Å². The summed E-state index contributed by atoms with van der Waals surface area (Å²) in [7, 11) is -4.01. The topological polar surface area (TPSA) is 84.9 Å². The first-order valence-electron chi connectivity index (χ1n) is 11.2. The molecule has 0 aliphatic carbocycles. The quantitative estimate of drug-likeness (QED) is 0.359. The number of sulfonamides is 1. The first-order valence-corrected chi connectivity index (χ1v) is 13.4. The van der Waals surface area contributed by atoms with Gasteiger partial charge in [-0.15, -0.1) is 0 Å². The fourth-order valence-electron chi connectivity index (χ4n) is 3.27. The van der Waals surface area contributed by atoms with Crippen molar-refractivity contribution in [2.24, 2.45) is 0 Å². The lowest BCUT2D eigenvalue weighted by atomic mass is 10.2. The highest BCUT2D eigenvalue weighted by Crippen LogP contribution is 2.26. The van der Waals surface area contributed by atoms with Crippen LogP contribution in [0.2, 0.25) is 0 Å². The molecule has 0 aromatic heterocycles. The molecule has 0 radical (unpaired) electrons. The molecular formula is C26H29BrN2O5S. The minimum absolute atomic E-state index is 0.0816. The minimum atomic E-state index is -4.01. The average Bonchev–Trinajstić information content (AvgIpc) is 2.83. The van der Waals surface area contributed by atoms with Gasteiger partial charge in [0.15, 0.2) is 0 Å². The second-order valence-electron chi connectivity index (χ2n) is 7.99. The first-order chi connectivity index (χ1) is 16.7. The number of rotatable bonds is 11. The molecule has 0 spiro atoms. The molecule has 1 N–H and O–H groups in total. The number of carbonyl (C=O) groups excluding carboxylic acids is 1. The molecule has 186 valence electrons. The number of halogens is 1. The van der Waals surface area contributed by atoms with E-state index in [4.69, 9.17) is 9.47 Å². The molecule has 9 heteroatoms. The number of aryl methyl sites for hydroxylation is 1. The number of carbonyl (C=O) groups is 1. The van der Waals surface area contributed by atoms with Gasteiger partial charge in [-0.1, -0.05) is 33.6 Å². The molecule has 1 unspecified atom stereocenters. The molecular weight excluding hydrogens is 532 g/mol. The monoisotopic (exact) mass is 560 g/mol. The summed E-state index contributed by atoms with van der Waals surface area (Å²) in [4.78, 5) is 13.0.